The molecule has 7 nitrogen and oxygen atoms in total. The van der Waals surface area contributed by atoms with Crippen LogP contribution >= 0.6 is 0 Å². The lowest BCUT2D eigenvalue weighted by molar-refractivity contribution is -0.158. The topological polar surface area (TPSA) is 82.1 Å². The molecule has 0 aromatic heterocycles. The summed E-state index contributed by atoms with van der Waals surface area (Å²) in [6.07, 6.45) is -1.39. The summed E-state index contributed by atoms with van der Waals surface area (Å²) >= 11 is 0. The van der Waals surface area contributed by atoms with E-state index in [1.807, 2.05) is 0 Å². The molecule has 0 aliphatic carbocycles. The zero-order valence-electron chi connectivity index (χ0n) is 11.4. The van der Waals surface area contributed by atoms with Gasteiger partial charge in [0.2, 0.25) is 0 Å². The Bertz CT molecular complexity index is 356. The maximum Gasteiger partial charge on any atom is 0.409 e. The average molecular weight is 273 g/mol. The number of hydrogen-bond acceptors (Lipinski definition) is 6. The van der Waals surface area contributed by atoms with E-state index in [1.165, 1.54) is 12.0 Å². The third kappa shape index (κ3) is 3.66. The summed E-state index contributed by atoms with van der Waals surface area (Å²) in [7, 11) is 1.36. The predicted octanol–water partition coefficient (Wildman–Crippen LogP) is 0.222. The van der Waals surface area contributed by atoms with Crippen molar-refractivity contribution in [3.8, 4) is 0 Å². The van der Waals surface area contributed by atoms with E-state index in [4.69, 9.17) is 14.2 Å². The number of piperidine rings is 1. The molecule has 19 heavy (non-hydrogen) atoms. The SMILES string of the molecule is CCOC(=O)C1CN(C(=O)OCC)CC(OC)C1=O. The van der Waals surface area contributed by atoms with Crippen LogP contribution in [0.15, 0.2) is 0 Å². The Balaban J connectivity index is 2.81. The summed E-state index contributed by atoms with van der Waals surface area (Å²) in [5.41, 5.74) is 0. The van der Waals surface area contributed by atoms with Gasteiger partial charge < -0.3 is 19.1 Å². The normalized spacial score (nSPS) is 23.1. The summed E-state index contributed by atoms with van der Waals surface area (Å²) in [5, 5.41) is 0. The smallest absolute Gasteiger partial charge is 0.409 e. The van der Waals surface area contributed by atoms with Gasteiger partial charge in [-0.3, -0.25) is 9.59 Å². The molecule has 108 valence electrons. The molecule has 0 radical (unpaired) electrons. The highest BCUT2D eigenvalue weighted by molar-refractivity contribution is 6.02. The number of nitrogens with zero attached hydrogens (tertiary/aromatic N) is 1. The number of rotatable bonds is 4. The summed E-state index contributed by atoms with van der Waals surface area (Å²) < 4.78 is 14.7. The Hall–Kier alpha value is -1.63. The van der Waals surface area contributed by atoms with E-state index in [0.717, 1.165) is 0 Å². The highest BCUT2D eigenvalue weighted by Gasteiger charge is 2.42. The molecular weight excluding hydrogens is 254 g/mol. The highest BCUT2D eigenvalue weighted by atomic mass is 16.6. The van der Waals surface area contributed by atoms with E-state index in [9.17, 15) is 14.4 Å². The van der Waals surface area contributed by atoms with Crippen molar-refractivity contribution in [3.05, 3.63) is 0 Å². The Morgan fingerprint density at radius 1 is 1.21 bits per heavy atom. The first kappa shape index (κ1) is 15.4. The van der Waals surface area contributed by atoms with Crippen LogP contribution in [0.4, 0.5) is 4.79 Å². The molecule has 1 fully saturated rings. The summed E-state index contributed by atoms with van der Waals surface area (Å²) in [6, 6.07) is 0. The van der Waals surface area contributed by atoms with Crippen molar-refractivity contribution < 1.29 is 28.6 Å². The van der Waals surface area contributed by atoms with Crippen molar-refractivity contribution in [1.82, 2.24) is 4.90 Å². The number of carbonyl (C=O) groups is 3. The molecule has 2 atom stereocenters. The predicted molar refractivity (Wildman–Crippen MR) is 64.5 cm³/mol. The number of hydrogen-bond donors (Lipinski definition) is 0. The van der Waals surface area contributed by atoms with Gasteiger partial charge in [-0.2, -0.15) is 0 Å². The van der Waals surface area contributed by atoms with Crippen molar-refractivity contribution in [2.45, 2.75) is 20.0 Å². The van der Waals surface area contributed by atoms with Crippen molar-refractivity contribution >= 4 is 17.8 Å². The Morgan fingerprint density at radius 2 is 1.84 bits per heavy atom. The van der Waals surface area contributed by atoms with Gasteiger partial charge in [0.25, 0.3) is 0 Å². The monoisotopic (exact) mass is 273 g/mol. The molecule has 1 heterocycles. The van der Waals surface area contributed by atoms with Crippen LogP contribution in [0.5, 0.6) is 0 Å². The molecule has 0 aromatic carbocycles. The van der Waals surface area contributed by atoms with E-state index >= 15 is 0 Å². The quantitative estimate of drug-likeness (QED) is 0.538. The maximum atomic E-state index is 12.0. The van der Waals surface area contributed by atoms with E-state index in [0.29, 0.717) is 0 Å². The van der Waals surface area contributed by atoms with Crippen molar-refractivity contribution in [3.63, 3.8) is 0 Å². The molecule has 0 aromatic rings. The molecule has 1 aliphatic rings. The number of carbonyl (C=O) groups excluding carboxylic acids is 3. The second-order valence-electron chi connectivity index (χ2n) is 4.04. The van der Waals surface area contributed by atoms with Gasteiger partial charge in [0.05, 0.1) is 19.8 Å². The van der Waals surface area contributed by atoms with Gasteiger partial charge in [0.15, 0.2) is 5.78 Å². The molecule has 1 aliphatic heterocycles. The van der Waals surface area contributed by atoms with Crippen LogP contribution in [0, 0.1) is 5.92 Å². The number of likely N-dealkylation sites (tertiary alicyclic amines) is 1. The van der Waals surface area contributed by atoms with Gasteiger partial charge in [-0.15, -0.1) is 0 Å². The van der Waals surface area contributed by atoms with Crippen LogP contribution in [0.1, 0.15) is 13.8 Å². The first-order chi connectivity index (χ1) is 9.04. The fraction of sp³-hybridized carbons (Fsp3) is 0.750. The fourth-order valence-corrected chi connectivity index (χ4v) is 1.89. The first-order valence-corrected chi connectivity index (χ1v) is 6.19. The third-order valence-electron chi connectivity index (χ3n) is 2.83. The van der Waals surface area contributed by atoms with Gasteiger partial charge in [0.1, 0.15) is 12.0 Å². The minimum atomic E-state index is -1.01. The van der Waals surface area contributed by atoms with Crippen LogP contribution < -0.4 is 0 Å². The molecule has 1 amide bonds. The molecule has 0 saturated carbocycles. The van der Waals surface area contributed by atoms with Gasteiger partial charge in [-0.1, -0.05) is 0 Å². The zero-order chi connectivity index (χ0) is 14.4. The molecule has 0 N–H and O–H groups in total. The second-order valence-corrected chi connectivity index (χ2v) is 4.04. The Labute approximate surface area is 111 Å². The molecule has 2 unspecified atom stereocenters. The van der Waals surface area contributed by atoms with Crippen LogP contribution in [0.25, 0.3) is 0 Å². The summed E-state index contributed by atoms with van der Waals surface area (Å²) in [5.74, 6) is -2.01. The molecular formula is C12H19NO6. The number of ether oxygens (including phenoxy) is 3. The third-order valence-corrected chi connectivity index (χ3v) is 2.83. The zero-order valence-corrected chi connectivity index (χ0v) is 11.4. The van der Waals surface area contributed by atoms with E-state index in [1.54, 1.807) is 13.8 Å². The van der Waals surface area contributed by atoms with Crippen molar-refractivity contribution in [2.24, 2.45) is 5.92 Å². The number of amides is 1. The Kier molecular flexibility index (Phi) is 5.75. The van der Waals surface area contributed by atoms with Crippen LogP contribution in [-0.4, -0.2) is 62.3 Å². The van der Waals surface area contributed by atoms with E-state index in [-0.39, 0.29) is 32.1 Å². The highest BCUT2D eigenvalue weighted by Crippen LogP contribution is 2.18. The minimum absolute atomic E-state index is 0.0314. The number of ketones is 1. The number of Topliss-reactive ketones (excluding diaryl/α,β-unsaturated/α-hetero) is 1. The van der Waals surface area contributed by atoms with Crippen LogP contribution in [0.3, 0.4) is 0 Å². The maximum absolute atomic E-state index is 12.0. The van der Waals surface area contributed by atoms with Crippen LogP contribution in [-0.2, 0) is 23.8 Å². The molecule has 7 heteroatoms. The van der Waals surface area contributed by atoms with Gasteiger partial charge >= 0.3 is 12.1 Å². The lowest BCUT2D eigenvalue weighted by atomic mass is 9.94. The second kappa shape index (κ2) is 7.08. The molecule has 0 spiro atoms. The lowest BCUT2D eigenvalue weighted by Crippen LogP contribution is -2.55. The van der Waals surface area contributed by atoms with E-state index < -0.39 is 24.1 Å². The van der Waals surface area contributed by atoms with Crippen molar-refractivity contribution in [2.75, 3.05) is 33.4 Å². The molecule has 0 bridgehead atoms. The molecule has 1 saturated heterocycles. The summed E-state index contributed by atoms with van der Waals surface area (Å²) in [4.78, 5) is 36.7. The van der Waals surface area contributed by atoms with Gasteiger partial charge in [-0.05, 0) is 13.8 Å². The van der Waals surface area contributed by atoms with E-state index in [2.05, 4.69) is 0 Å². The average Bonchev–Trinajstić information content (AvgIpc) is 2.39. The van der Waals surface area contributed by atoms with Crippen LogP contribution in [0.2, 0.25) is 0 Å². The summed E-state index contributed by atoms with van der Waals surface area (Å²) in [6.45, 7) is 3.80. The van der Waals surface area contributed by atoms with Gasteiger partial charge in [0, 0.05) is 13.7 Å². The van der Waals surface area contributed by atoms with Gasteiger partial charge in [-0.25, -0.2) is 4.79 Å². The molecule has 1 rings (SSSR count). The van der Waals surface area contributed by atoms with Crippen molar-refractivity contribution in [1.29, 1.82) is 0 Å². The lowest BCUT2D eigenvalue weighted by Gasteiger charge is -2.34. The first-order valence-electron chi connectivity index (χ1n) is 6.19. The largest absolute Gasteiger partial charge is 0.465 e. The number of methoxy groups -OCH3 is 1. The fourth-order valence-electron chi connectivity index (χ4n) is 1.89. The Morgan fingerprint density at radius 3 is 2.37 bits per heavy atom. The standard InChI is InChI=1S/C12H19NO6/c1-4-18-11(15)8-6-13(12(16)19-5-2)7-9(17-3)10(8)14/h8-9H,4-7H2,1-3H3. The minimum Gasteiger partial charge on any atom is -0.465 e. The number of esters is 1.